The van der Waals surface area contributed by atoms with Crippen LogP contribution in [0.3, 0.4) is 0 Å². The van der Waals surface area contributed by atoms with Gasteiger partial charge in [0, 0.05) is 0 Å². The largest absolute Gasteiger partial charge is 0.154 e. The van der Waals surface area contributed by atoms with Crippen LogP contribution < -0.4 is 46.8 Å². The predicted molar refractivity (Wildman–Crippen MR) is 431 cm³/mol. The molecule has 0 saturated heterocycles. The van der Waals surface area contributed by atoms with Gasteiger partial charge in [-0.1, -0.05) is 434 Å². The highest BCUT2D eigenvalue weighted by molar-refractivity contribution is 7.96. The lowest BCUT2D eigenvalue weighted by molar-refractivity contribution is 0.448. The minimum atomic E-state index is -2.40. The van der Waals surface area contributed by atoms with Gasteiger partial charge in [0.25, 0.3) is 0 Å². The molecule has 6 rings (SSSR count). The second-order valence-corrected chi connectivity index (χ2v) is 53.9. The number of benzene rings is 5. The quantitative estimate of drug-likeness (QED) is 0.0302. The monoisotopic (exact) mass is 1340 g/mol. The van der Waals surface area contributed by atoms with Gasteiger partial charge in [0.2, 0.25) is 0 Å². The van der Waals surface area contributed by atoms with Gasteiger partial charge in [-0.15, -0.1) is 0 Å². The smallest absolute Gasteiger partial charge is 0.153 e. The minimum Gasteiger partial charge on any atom is -0.154 e. The summed E-state index contributed by atoms with van der Waals surface area (Å²) in [5.41, 5.74) is 2.09. The van der Waals surface area contributed by atoms with E-state index in [1.807, 2.05) is 0 Å². The van der Waals surface area contributed by atoms with E-state index in [1.54, 1.807) is 47.5 Å². The summed E-state index contributed by atoms with van der Waals surface area (Å²) in [5.74, 6) is 0.616. The van der Waals surface area contributed by atoms with Crippen molar-refractivity contribution in [3.05, 3.63) is 133 Å². The standard InChI is InChI=1S/C84H140NP2Si4/c1-13-25-62-88(63-26-14-2,64-27-15-3)81-54-44-76(45-55-81)86(77-46-56-82(57-47-77)89(65-28-16-4,66-29-17-5)67-30-18-6)85-87(78-48-42-75(43-49-78)74-40-38-37-39-41-74,79-50-58-83(59-51-79)90(68-31-19-7,69-32-20-8)70-33-21-9)80-52-60-84(61-53-80)91(71-34-22-10,72-35-23-11)73-36-24-12/h37-41,44-47,50-61,75,78,85H,13-36,42-43,48-49,62-73H2,1-12H3/q+1. The van der Waals surface area contributed by atoms with E-state index < -0.39 is 47.8 Å². The van der Waals surface area contributed by atoms with Crippen LogP contribution in [0.2, 0.25) is 72.5 Å². The lowest BCUT2D eigenvalue weighted by Crippen LogP contribution is -2.49. The summed E-state index contributed by atoms with van der Waals surface area (Å²) < 4.78 is 0. The fraction of sp³-hybridized carbons (Fsp3) is 0.643. The summed E-state index contributed by atoms with van der Waals surface area (Å²) in [6, 6.07) is 73.5. The van der Waals surface area contributed by atoms with Crippen molar-refractivity contribution in [3.8, 4) is 0 Å². The number of nitrogens with one attached hydrogen (secondary N) is 1. The Labute approximate surface area is 570 Å². The SMILES string of the molecule is CCCC[Si](CCCC)(CCCC)c1ccc(P(N[P+](c2ccc([Si](CCCC)(CCCC)CCCC)cc2)(c2ccc([Si](CCCC)(CCCC)CCCC)cc2)C2CCC(c3ccccc3)CC2)c2ccc([Si](CCCC)(CCCC)CCCC)cc2)cc1. The molecule has 0 radical (unpaired) electrons. The number of unbranched alkanes of at least 4 members (excludes halogenated alkanes) is 12. The molecule has 0 heterocycles. The Morgan fingerprint density at radius 2 is 0.527 bits per heavy atom. The van der Waals surface area contributed by atoms with Gasteiger partial charge in [0.15, 0.2) is 7.41 Å². The Kier molecular flexibility index (Phi) is 35.7. The summed E-state index contributed by atoms with van der Waals surface area (Å²) in [6.07, 6.45) is 37.1. The molecule has 0 spiro atoms. The van der Waals surface area contributed by atoms with Gasteiger partial charge in [0.1, 0.15) is 10.6 Å². The number of hydrogen-bond donors (Lipinski definition) is 1. The van der Waals surface area contributed by atoms with Gasteiger partial charge in [-0.3, -0.25) is 0 Å². The molecule has 0 amide bonds. The van der Waals surface area contributed by atoms with Crippen molar-refractivity contribution in [2.75, 3.05) is 0 Å². The van der Waals surface area contributed by atoms with Crippen LogP contribution in [0.4, 0.5) is 0 Å². The molecule has 5 aromatic rings. The molecule has 7 heteroatoms. The molecule has 506 valence electrons. The molecule has 1 nitrogen and oxygen atoms in total. The third-order valence-corrected chi connectivity index (χ3v) is 52.6. The molecule has 1 N–H and O–H groups in total. The van der Waals surface area contributed by atoms with Crippen molar-refractivity contribution >= 4 is 89.7 Å². The van der Waals surface area contributed by atoms with Crippen molar-refractivity contribution in [1.29, 1.82) is 0 Å². The fourth-order valence-electron chi connectivity index (χ4n) is 17.2. The Balaban J connectivity index is 1.73. The summed E-state index contributed by atoms with van der Waals surface area (Å²) in [6.45, 7) is 29.3. The van der Waals surface area contributed by atoms with Gasteiger partial charge in [-0.25, -0.2) is 0 Å². The van der Waals surface area contributed by atoms with Crippen LogP contribution in [0, 0.1) is 0 Å². The maximum Gasteiger partial charge on any atom is 0.153 e. The molecule has 91 heavy (non-hydrogen) atoms. The van der Waals surface area contributed by atoms with Crippen LogP contribution in [0.1, 0.15) is 274 Å². The van der Waals surface area contributed by atoms with Crippen molar-refractivity contribution in [2.24, 2.45) is 0 Å². The highest BCUT2D eigenvalue weighted by Gasteiger charge is 2.54. The first-order chi connectivity index (χ1) is 44.5. The van der Waals surface area contributed by atoms with Gasteiger partial charge >= 0.3 is 0 Å². The molecule has 1 saturated carbocycles. The Morgan fingerprint density at radius 3 is 0.758 bits per heavy atom. The minimum absolute atomic E-state index is 0.534. The number of hydrogen-bond acceptors (Lipinski definition) is 1. The topological polar surface area (TPSA) is 12.0 Å². The fourth-order valence-corrected chi connectivity index (χ4v) is 47.9. The zero-order valence-corrected chi connectivity index (χ0v) is 67.2. The first kappa shape index (κ1) is 77.8. The third-order valence-electron chi connectivity index (χ3n) is 23.1. The Hall–Kier alpha value is -2.21. The second-order valence-electron chi connectivity index (χ2n) is 29.6. The van der Waals surface area contributed by atoms with Crippen LogP contribution in [0.15, 0.2) is 127 Å². The third kappa shape index (κ3) is 21.1. The summed E-state index contributed by atoms with van der Waals surface area (Å²) >= 11 is 0. The maximum atomic E-state index is 5.22. The van der Waals surface area contributed by atoms with Crippen molar-refractivity contribution in [2.45, 2.75) is 347 Å². The summed E-state index contributed by atoms with van der Waals surface area (Å²) in [5, 5.41) is 13.4. The van der Waals surface area contributed by atoms with E-state index in [4.69, 9.17) is 4.86 Å². The first-order valence-electron chi connectivity index (χ1n) is 39.4. The van der Waals surface area contributed by atoms with Gasteiger partial charge in [-0.2, -0.15) is 4.86 Å². The van der Waals surface area contributed by atoms with Crippen LogP contribution in [0.5, 0.6) is 0 Å². The van der Waals surface area contributed by atoms with Crippen molar-refractivity contribution in [1.82, 2.24) is 4.86 Å². The molecule has 0 aromatic heterocycles. The average Bonchev–Trinajstić information content (AvgIpc) is 0.743. The van der Waals surface area contributed by atoms with Gasteiger partial charge < -0.3 is 0 Å². The van der Waals surface area contributed by atoms with Crippen LogP contribution >= 0.6 is 15.5 Å². The molecule has 1 fully saturated rings. The van der Waals surface area contributed by atoms with E-state index in [2.05, 4.69) is 210 Å². The van der Waals surface area contributed by atoms with Gasteiger partial charge in [0.05, 0.1) is 46.0 Å². The van der Waals surface area contributed by atoms with Crippen molar-refractivity contribution < 1.29 is 0 Å². The Bertz CT molecular complexity index is 2430. The van der Waals surface area contributed by atoms with Crippen LogP contribution in [-0.2, 0) is 0 Å². The maximum absolute atomic E-state index is 5.22. The van der Waals surface area contributed by atoms with Crippen LogP contribution in [-0.4, -0.2) is 38.0 Å². The molecule has 0 bridgehead atoms. The molecule has 0 aliphatic heterocycles. The average molecular weight is 1340 g/mol. The first-order valence-corrected chi connectivity index (χ1v) is 53.1. The summed E-state index contributed by atoms with van der Waals surface area (Å²) in [7, 11) is -10.4. The van der Waals surface area contributed by atoms with Crippen molar-refractivity contribution in [3.63, 3.8) is 0 Å². The summed E-state index contributed by atoms with van der Waals surface area (Å²) in [4.78, 5) is 5.22. The number of rotatable bonds is 48. The molecule has 5 aromatic carbocycles. The molecule has 1 aliphatic carbocycles. The lowest BCUT2D eigenvalue weighted by atomic mass is 9.84. The normalized spacial score (nSPS) is 15.3. The van der Waals surface area contributed by atoms with E-state index >= 15 is 0 Å². The zero-order chi connectivity index (χ0) is 65.3. The second kappa shape index (κ2) is 41.8. The molecule has 0 unspecified atom stereocenters. The lowest BCUT2D eigenvalue weighted by Gasteiger charge is -2.41. The molecular formula is C84H140NP2Si4+. The van der Waals surface area contributed by atoms with Crippen LogP contribution in [0.25, 0.3) is 0 Å². The molecule has 1 aliphatic rings. The molecule has 0 atom stereocenters. The van der Waals surface area contributed by atoms with E-state index in [0.29, 0.717) is 11.6 Å². The zero-order valence-electron chi connectivity index (χ0n) is 61.5. The predicted octanol–water partition coefficient (Wildman–Crippen LogP) is 24.2. The van der Waals surface area contributed by atoms with E-state index in [1.165, 1.54) is 252 Å². The van der Waals surface area contributed by atoms with E-state index in [9.17, 15) is 0 Å². The van der Waals surface area contributed by atoms with E-state index in [0.717, 1.165) is 0 Å². The van der Waals surface area contributed by atoms with Gasteiger partial charge in [-0.05, 0) is 72.0 Å². The highest BCUT2D eigenvalue weighted by atomic mass is 31.2. The highest BCUT2D eigenvalue weighted by Crippen LogP contribution is 2.66. The Morgan fingerprint density at radius 1 is 0.297 bits per heavy atom. The van der Waals surface area contributed by atoms with E-state index in [-0.39, 0.29) is 0 Å². The molecular weight excluding hydrogens is 1200 g/mol.